The second-order valence-corrected chi connectivity index (χ2v) is 7.44. The number of aromatic amines is 1. The Hall–Kier alpha value is -2.80. The molecule has 1 fully saturated rings. The third-order valence-corrected chi connectivity index (χ3v) is 5.67. The number of aromatic nitrogens is 3. The fourth-order valence-corrected chi connectivity index (χ4v) is 3.91. The van der Waals surface area contributed by atoms with Crippen LogP contribution in [0.3, 0.4) is 0 Å². The van der Waals surface area contributed by atoms with Crippen LogP contribution in [0, 0.1) is 13.8 Å². The molecule has 7 heteroatoms. The Morgan fingerprint density at radius 1 is 1.18 bits per heavy atom. The molecule has 1 N–H and O–H groups in total. The molecule has 28 heavy (non-hydrogen) atoms. The number of methoxy groups -OCH3 is 2. The number of fused-ring (bicyclic) bond motifs is 1. The highest BCUT2D eigenvalue weighted by Crippen LogP contribution is 2.31. The molecule has 1 aliphatic rings. The lowest BCUT2D eigenvalue weighted by Gasteiger charge is -2.17. The van der Waals surface area contributed by atoms with E-state index in [9.17, 15) is 4.79 Å². The van der Waals surface area contributed by atoms with Crippen molar-refractivity contribution in [1.29, 1.82) is 0 Å². The van der Waals surface area contributed by atoms with E-state index in [1.54, 1.807) is 18.7 Å². The molecule has 1 aliphatic heterocycles. The van der Waals surface area contributed by atoms with Crippen molar-refractivity contribution in [3.63, 3.8) is 0 Å². The van der Waals surface area contributed by atoms with Crippen molar-refractivity contribution in [2.75, 3.05) is 27.3 Å². The van der Waals surface area contributed by atoms with E-state index in [0.29, 0.717) is 17.1 Å². The Morgan fingerprint density at radius 2 is 1.96 bits per heavy atom. The standard InChI is InChI=1S/C21H26N4O3/c1-13-14(2)22-20-10-17(23-25(20)21(13)26)16-7-8-24(12-16)11-15-5-6-18(27-3)19(9-15)28-4/h5-6,9-10,16,23H,7-8,11-12H2,1-4H3. The van der Waals surface area contributed by atoms with E-state index in [1.807, 2.05) is 32.0 Å². The van der Waals surface area contributed by atoms with Gasteiger partial charge in [-0.05, 0) is 44.5 Å². The van der Waals surface area contributed by atoms with Gasteiger partial charge in [0.25, 0.3) is 5.56 Å². The first-order valence-corrected chi connectivity index (χ1v) is 9.52. The number of H-pyrrole nitrogens is 1. The van der Waals surface area contributed by atoms with Crippen LogP contribution in [-0.4, -0.2) is 46.8 Å². The van der Waals surface area contributed by atoms with Gasteiger partial charge in [0.1, 0.15) is 0 Å². The Bertz CT molecular complexity index is 1070. The summed E-state index contributed by atoms with van der Waals surface area (Å²) in [5.41, 5.74) is 4.42. The van der Waals surface area contributed by atoms with E-state index >= 15 is 0 Å². The minimum atomic E-state index is -0.0195. The van der Waals surface area contributed by atoms with Crippen LogP contribution in [0.1, 0.15) is 34.9 Å². The summed E-state index contributed by atoms with van der Waals surface area (Å²) in [7, 11) is 3.30. The fraction of sp³-hybridized carbons (Fsp3) is 0.429. The van der Waals surface area contributed by atoms with E-state index in [0.717, 1.165) is 48.9 Å². The molecule has 148 valence electrons. The molecule has 7 nitrogen and oxygen atoms in total. The smallest absolute Gasteiger partial charge is 0.275 e. The van der Waals surface area contributed by atoms with Crippen LogP contribution >= 0.6 is 0 Å². The van der Waals surface area contributed by atoms with Crippen molar-refractivity contribution >= 4 is 5.65 Å². The normalized spacial score (nSPS) is 17.4. The van der Waals surface area contributed by atoms with E-state index in [4.69, 9.17) is 9.47 Å². The monoisotopic (exact) mass is 382 g/mol. The van der Waals surface area contributed by atoms with Crippen LogP contribution in [0.25, 0.3) is 5.65 Å². The molecule has 0 radical (unpaired) electrons. The summed E-state index contributed by atoms with van der Waals surface area (Å²) < 4.78 is 12.3. The molecule has 4 rings (SSSR count). The average molecular weight is 382 g/mol. The largest absolute Gasteiger partial charge is 0.493 e. The molecule has 0 saturated carbocycles. The van der Waals surface area contributed by atoms with Crippen molar-refractivity contribution in [2.24, 2.45) is 0 Å². The van der Waals surface area contributed by atoms with Gasteiger partial charge in [-0.2, -0.15) is 0 Å². The maximum absolute atomic E-state index is 12.5. The Morgan fingerprint density at radius 3 is 2.71 bits per heavy atom. The SMILES string of the molecule is COc1ccc(CN2CCC(c3cc4nc(C)c(C)c(=O)n4[nH]3)C2)cc1OC. The van der Waals surface area contributed by atoms with Crippen LogP contribution in [0.15, 0.2) is 29.1 Å². The van der Waals surface area contributed by atoms with Crippen LogP contribution in [0.2, 0.25) is 0 Å². The highest BCUT2D eigenvalue weighted by molar-refractivity contribution is 5.43. The predicted octanol–water partition coefficient (Wildman–Crippen LogP) is 2.65. The molecular weight excluding hydrogens is 356 g/mol. The quantitative estimate of drug-likeness (QED) is 0.735. The lowest BCUT2D eigenvalue weighted by atomic mass is 10.1. The summed E-state index contributed by atoms with van der Waals surface area (Å²) in [6, 6.07) is 8.07. The van der Waals surface area contributed by atoms with Crippen LogP contribution < -0.4 is 15.0 Å². The van der Waals surface area contributed by atoms with Gasteiger partial charge >= 0.3 is 0 Å². The summed E-state index contributed by atoms with van der Waals surface area (Å²) in [5.74, 6) is 1.86. The third-order valence-electron chi connectivity index (χ3n) is 5.67. The van der Waals surface area contributed by atoms with Gasteiger partial charge in [-0.3, -0.25) is 14.8 Å². The van der Waals surface area contributed by atoms with Gasteiger partial charge in [0.15, 0.2) is 17.1 Å². The fourth-order valence-electron chi connectivity index (χ4n) is 3.91. The zero-order chi connectivity index (χ0) is 19.8. The first kappa shape index (κ1) is 18.6. The van der Waals surface area contributed by atoms with Crippen molar-refractivity contribution in [1.82, 2.24) is 19.5 Å². The summed E-state index contributed by atoms with van der Waals surface area (Å²) in [6.45, 7) is 6.50. The second-order valence-electron chi connectivity index (χ2n) is 7.44. The minimum absolute atomic E-state index is 0.0195. The molecule has 3 aromatic rings. The summed E-state index contributed by atoms with van der Waals surface area (Å²) in [4.78, 5) is 19.4. The zero-order valence-electron chi connectivity index (χ0n) is 16.8. The Kier molecular flexibility index (Phi) is 4.85. The maximum Gasteiger partial charge on any atom is 0.275 e. The number of ether oxygens (including phenoxy) is 2. The third kappa shape index (κ3) is 3.26. The molecular formula is C21H26N4O3. The number of nitrogens with one attached hydrogen (secondary N) is 1. The number of nitrogens with zero attached hydrogens (tertiary/aromatic N) is 3. The maximum atomic E-state index is 12.5. The first-order chi connectivity index (χ1) is 13.5. The highest BCUT2D eigenvalue weighted by Gasteiger charge is 2.26. The van der Waals surface area contributed by atoms with Crippen molar-refractivity contribution in [3.8, 4) is 11.5 Å². The Balaban J connectivity index is 1.51. The van der Waals surface area contributed by atoms with Crippen molar-refractivity contribution in [3.05, 3.63) is 57.1 Å². The number of hydrogen-bond acceptors (Lipinski definition) is 5. The summed E-state index contributed by atoms with van der Waals surface area (Å²) in [6.07, 6.45) is 1.05. The molecule has 3 heterocycles. The van der Waals surface area contributed by atoms with Crippen LogP contribution in [0.5, 0.6) is 11.5 Å². The second kappa shape index (κ2) is 7.31. The van der Waals surface area contributed by atoms with E-state index in [2.05, 4.69) is 21.0 Å². The zero-order valence-corrected chi connectivity index (χ0v) is 16.8. The number of likely N-dealkylation sites (tertiary alicyclic amines) is 1. The van der Waals surface area contributed by atoms with Gasteiger partial charge in [0.2, 0.25) is 0 Å². The topological polar surface area (TPSA) is 71.9 Å². The Labute approximate surface area is 163 Å². The van der Waals surface area contributed by atoms with Gasteiger partial charge in [-0.15, -0.1) is 0 Å². The van der Waals surface area contributed by atoms with Crippen molar-refractivity contribution in [2.45, 2.75) is 32.7 Å². The number of hydrogen-bond donors (Lipinski definition) is 1. The summed E-state index contributed by atoms with van der Waals surface area (Å²) in [5, 5.41) is 3.27. The molecule has 2 aromatic heterocycles. The molecule has 1 aromatic carbocycles. The van der Waals surface area contributed by atoms with Gasteiger partial charge in [0, 0.05) is 42.0 Å². The molecule has 1 saturated heterocycles. The van der Waals surface area contributed by atoms with E-state index < -0.39 is 0 Å². The number of benzene rings is 1. The van der Waals surface area contributed by atoms with E-state index in [-0.39, 0.29) is 5.56 Å². The van der Waals surface area contributed by atoms with E-state index in [1.165, 1.54) is 5.56 Å². The van der Waals surface area contributed by atoms with Crippen LogP contribution in [-0.2, 0) is 6.54 Å². The highest BCUT2D eigenvalue weighted by atomic mass is 16.5. The molecule has 0 spiro atoms. The van der Waals surface area contributed by atoms with Gasteiger partial charge in [0.05, 0.1) is 14.2 Å². The minimum Gasteiger partial charge on any atom is -0.493 e. The predicted molar refractivity (Wildman–Crippen MR) is 107 cm³/mol. The molecule has 0 aliphatic carbocycles. The summed E-state index contributed by atoms with van der Waals surface area (Å²) >= 11 is 0. The van der Waals surface area contributed by atoms with Gasteiger partial charge in [-0.25, -0.2) is 9.50 Å². The lowest BCUT2D eigenvalue weighted by molar-refractivity contribution is 0.323. The number of aryl methyl sites for hydroxylation is 1. The van der Waals surface area contributed by atoms with Crippen molar-refractivity contribution < 1.29 is 9.47 Å². The van der Waals surface area contributed by atoms with Crippen LogP contribution in [0.4, 0.5) is 0 Å². The average Bonchev–Trinajstić information content (AvgIpc) is 3.33. The molecule has 0 amide bonds. The number of rotatable bonds is 5. The van der Waals surface area contributed by atoms with Gasteiger partial charge in [-0.1, -0.05) is 6.07 Å². The lowest BCUT2D eigenvalue weighted by Crippen LogP contribution is -2.20. The molecule has 0 bridgehead atoms. The van der Waals surface area contributed by atoms with Gasteiger partial charge < -0.3 is 9.47 Å². The molecule has 1 unspecified atom stereocenters. The molecule has 1 atom stereocenters. The first-order valence-electron chi connectivity index (χ1n) is 9.52.